The Morgan fingerprint density at radius 1 is 0.867 bits per heavy atom. The highest BCUT2D eigenvalue weighted by Crippen LogP contribution is 2.33. The van der Waals surface area contributed by atoms with Crippen molar-refractivity contribution in [3.63, 3.8) is 0 Å². The van der Waals surface area contributed by atoms with Crippen molar-refractivity contribution in [2.75, 3.05) is 21.3 Å². The van der Waals surface area contributed by atoms with Gasteiger partial charge in [0.05, 0.1) is 32.7 Å². The van der Waals surface area contributed by atoms with Gasteiger partial charge in [0.15, 0.2) is 11.5 Å². The number of rotatable bonds is 5. The lowest BCUT2D eigenvalue weighted by atomic mass is 9.86. The molecule has 2 atom stereocenters. The zero-order valence-corrected chi connectivity index (χ0v) is 18.1. The Hall–Kier alpha value is -2.95. The minimum absolute atomic E-state index is 0.328. The molecular weight excluding hydrogens is 378 g/mol. The van der Waals surface area contributed by atoms with Gasteiger partial charge in [-0.25, -0.2) is 0 Å². The first-order chi connectivity index (χ1) is 14.6. The van der Waals surface area contributed by atoms with Crippen LogP contribution in [-0.4, -0.2) is 27.4 Å². The predicted molar refractivity (Wildman–Crippen MR) is 118 cm³/mol. The summed E-state index contributed by atoms with van der Waals surface area (Å²) in [5.74, 6) is 3.48. The third-order valence-corrected chi connectivity index (χ3v) is 5.99. The molecule has 0 N–H and O–H groups in total. The van der Waals surface area contributed by atoms with Crippen molar-refractivity contribution in [2.24, 2.45) is 10.9 Å². The molecular formula is C25H29NO4. The topological polar surface area (TPSA) is 53.2 Å². The third-order valence-electron chi connectivity index (χ3n) is 5.99. The molecule has 1 aliphatic carbocycles. The molecule has 3 aromatic rings. The van der Waals surface area contributed by atoms with Gasteiger partial charge in [-0.05, 0) is 55.2 Å². The molecule has 30 heavy (non-hydrogen) atoms. The van der Waals surface area contributed by atoms with Crippen LogP contribution in [0.4, 0.5) is 0 Å². The van der Waals surface area contributed by atoms with Crippen molar-refractivity contribution in [3.05, 3.63) is 47.8 Å². The second-order valence-electron chi connectivity index (χ2n) is 7.89. The molecule has 0 unspecified atom stereocenters. The van der Waals surface area contributed by atoms with Crippen LogP contribution in [0.5, 0.6) is 17.2 Å². The van der Waals surface area contributed by atoms with E-state index >= 15 is 0 Å². The van der Waals surface area contributed by atoms with Gasteiger partial charge in [0.2, 0.25) is 0 Å². The maximum Gasteiger partial charge on any atom is 0.161 e. The molecule has 5 heteroatoms. The van der Waals surface area contributed by atoms with Crippen molar-refractivity contribution in [2.45, 2.75) is 38.6 Å². The summed E-state index contributed by atoms with van der Waals surface area (Å²) in [5.41, 5.74) is 1.70. The molecule has 4 rings (SSSR count). The van der Waals surface area contributed by atoms with Crippen LogP contribution < -0.4 is 19.6 Å². The highest BCUT2D eigenvalue weighted by Gasteiger charge is 2.20. The van der Waals surface area contributed by atoms with Gasteiger partial charge in [-0.15, -0.1) is 0 Å². The predicted octanol–water partition coefficient (Wildman–Crippen LogP) is 5.61. The van der Waals surface area contributed by atoms with Gasteiger partial charge in [0.1, 0.15) is 17.1 Å². The minimum atomic E-state index is 0.328. The molecule has 1 aliphatic rings. The number of hydrogen-bond acceptors (Lipinski definition) is 5. The molecule has 2 aromatic carbocycles. The summed E-state index contributed by atoms with van der Waals surface area (Å²) >= 11 is 0. The Bertz CT molecular complexity index is 1100. The summed E-state index contributed by atoms with van der Waals surface area (Å²) in [4.78, 5) is 5.19. The van der Waals surface area contributed by atoms with Crippen molar-refractivity contribution in [3.8, 4) is 28.6 Å². The molecule has 0 spiro atoms. The van der Waals surface area contributed by atoms with E-state index in [0.29, 0.717) is 23.5 Å². The van der Waals surface area contributed by atoms with Crippen LogP contribution in [-0.2, 0) is 0 Å². The summed E-state index contributed by atoms with van der Waals surface area (Å²) in [5, 5.41) is 1.91. The fourth-order valence-electron chi connectivity index (χ4n) is 4.18. The van der Waals surface area contributed by atoms with Gasteiger partial charge in [-0.2, -0.15) is 0 Å². The highest BCUT2D eigenvalue weighted by molar-refractivity contribution is 5.80. The van der Waals surface area contributed by atoms with Gasteiger partial charge in [-0.1, -0.05) is 19.8 Å². The van der Waals surface area contributed by atoms with Gasteiger partial charge < -0.3 is 18.6 Å². The number of nitrogens with zero attached hydrogens (tertiary/aromatic N) is 1. The SMILES string of the molecule is COc1ccc2oc(-c3ccc(OC)c(OC)c3)cc(=N[C@@H]3CCCC[C@@H]3C)c2c1. The Balaban J connectivity index is 1.90. The van der Waals surface area contributed by atoms with Crippen LogP contribution in [0.25, 0.3) is 22.3 Å². The molecule has 0 radical (unpaired) electrons. The van der Waals surface area contributed by atoms with E-state index in [-0.39, 0.29) is 0 Å². The Morgan fingerprint density at radius 3 is 2.40 bits per heavy atom. The summed E-state index contributed by atoms with van der Waals surface area (Å²) in [7, 11) is 4.95. The molecule has 158 valence electrons. The van der Waals surface area contributed by atoms with Gasteiger partial charge in [0.25, 0.3) is 0 Å². The Kier molecular flexibility index (Phi) is 5.98. The average molecular weight is 408 g/mol. The van der Waals surface area contributed by atoms with E-state index in [2.05, 4.69) is 6.92 Å². The smallest absolute Gasteiger partial charge is 0.161 e. The molecule has 0 aliphatic heterocycles. The van der Waals surface area contributed by atoms with E-state index in [0.717, 1.165) is 39.8 Å². The molecule has 0 amide bonds. The van der Waals surface area contributed by atoms with Crippen LogP contribution >= 0.6 is 0 Å². The van der Waals surface area contributed by atoms with Crippen molar-refractivity contribution < 1.29 is 18.6 Å². The number of benzene rings is 2. The van der Waals surface area contributed by atoms with Crippen molar-refractivity contribution >= 4 is 11.0 Å². The second-order valence-corrected chi connectivity index (χ2v) is 7.89. The van der Waals surface area contributed by atoms with E-state index in [1.54, 1.807) is 21.3 Å². The normalized spacial score (nSPS) is 19.7. The van der Waals surface area contributed by atoms with Gasteiger partial charge >= 0.3 is 0 Å². The number of hydrogen-bond donors (Lipinski definition) is 0. The van der Waals surface area contributed by atoms with Crippen LogP contribution in [0.15, 0.2) is 51.9 Å². The number of methoxy groups -OCH3 is 3. The number of ether oxygens (including phenoxy) is 3. The molecule has 5 nitrogen and oxygen atoms in total. The zero-order chi connectivity index (χ0) is 21.1. The summed E-state index contributed by atoms with van der Waals surface area (Å²) in [6.45, 7) is 2.30. The molecule has 0 saturated heterocycles. The molecule has 1 saturated carbocycles. The zero-order valence-electron chi connectivity index (χ0n) is 18.1. The molecule has 1 fully saturated rings. The van der Waals surface area contributed by atoms with E-state index in [1.165, 1.54) is 19.3 Å². The number of fused-ring (bicyclic) bond motifs is 1. The second kappa shape index (κ2) is 8.82. The third kappa shape index (κ3) is 4.02. The fourth-order valence-corrected chi connectivity index (χ4v) is 4.18. The van der Waals surface area contributed by atoms with E-state index < -0.39 is 0 Å². The fraction of sp³-hybridized carbons (Fsp3) is 0.400. The first-order valence-corrected chi connectivity index (χ1v) is 10.5. The molecule has 0 bridgehead atoms. The lowest BCUT2D eigenvalue weighted by molar-refractivity contribution is 0.328. The lowest BCUT2D eigenvalue weighted by Crippen LogP contribution is -2.23. The van der Waals surface area contributed by atoms with Gasteiger partial charge in [-0.3, -0.25) is 4.99 Å². The molecule has 1 aromatic heterocycles. The quantitative estimate of drug-likeness (QED) is 0.552. The first kappa shape index (κ1) is 20.3. The van der Waals surface area contributed by atoms with Crippen molar-refractivity contribution in [1.29, 1.82) is 0 Å². The summed E-state index contributed by atoms with van der Waals surface area (Å²) in [6, 6.07) is 14.0. The Morgan fingerprint density at radius 2 is 1.67 bits per heavy atom. The highest BCUT2D eigenvalue weighted by atomic mass is 16.5. The van der Waals surface area contributed by atoms with Crippen LogP contribution in [0.3, 0.4) is 0 Å². The first-order valence-electron chi connectivity index (χ1n) is 10.5. The lowest BCUT2D eigenvalue weighted by Gasteiger charge is -2.25. The summed E-state index contributed by atoms with van der Waals surface area (Å²) < 4.78 is 22.6. The van der Waals surface area contributed by atoms with Crippen molar-refractivity contribution in [1.82, 2.24) is 0 Å². The van der Waals surface area contributed by atoms with Crippen LogP contribution in [0.1, 0.15) is 32.6 Å². The standard InChI is InChI=1S/C25H29NO4/c1-16-7-5-6-8-20(16)26-21-15-24(17-9-11-23(28-3)25(13-17)29-4)30-22-12-10-18(27-2)14-19(21)22/h9-16,20H,5-8H2,1-4H3/t16-,20+/m0/s1. The van der Waals surface area contributed by atoms with E-state index in [1.807, 2.05) is 42.5 Å². The summed E-state index contributed by atoms with van der Waals surface area (Å²) in [6.07, 6.45) is 4.89. The minimum Gasteiger partial charge on any atom is -0.497 e. The van der Waals surface area contributed by atoms with Gasteiger partial charge in [0, 0.05) is 17.0 Å². The monoisotopic (exact) mass is 407 g/mol. The van der Waals surface area contributed by atoms with E-state index in [4.69, 9.17) is 23.6 Å². The van der Waals surface area contributed by atoms with E-state index in [9.17, 15) is 0 Å². The van der Waals surface area contributed by atoms with Crippen LogP contribution in [0.2, 0.25) is 0 Å². The maximum atomic E-state index is 6.27. The molecule has 1 heterocycles. The Labute approximate surface area is 177 Å². The largest absolute Gasteiger partial charge is 0.497 e. The average Bonchev–Trinajstić information content (AvgIpc) is 2.79. The maximum absolute atomic E-state index is 6.27. The van der Waals surface area contributed by atoms with Crippen LogP contribution in [0, 0.1) is 5.92 Å².